The number of para-hydroxylation sites is 1. The van der Waals surface area contributed by atoms with Gasteiger partial charge in [0, 0.05) is 27.7 Å². The van der Waals surface area contributed by atoms with Crippen LogP contribution in [-0.2, 0) is 0 Å². The molecular formula is C25H17N3. The molecule has 0 radical (unpaired) electrons. The van der Waals surface area contributed by atoms with E-state index in [0.717, 1.165) is 44.3 Å². The van der Waals surface area contributed by atoms with E-state index < -0.39 is 0 Å². The molecule has 0 spiro atoms. The molecule has 0 aliphatic rings. The predicted octanol–water partition coefficient (Wildman–Crippen LogP) is 5.90. The van der Waals surface area contributed by atoms with Gasteiger partial charge in [-0.25, -0.2) is 0 Å². The number of fused-ring (bicyclic) bond motifs is 3. The van der Waals surface area contributed by atoms with E-state index in [4.69, 9.17) is 5.73 Å². The summed E-state index contributed by atoms with van der Waals surface area (Å²) in [7, 11) is 0. The summed E-state index contributed by atoms with van der Waals surface area (Å²) < 4.78 is 2.18. The Morgan fingerprint density at radius 1 is 0.714 bits per heavy atom. The lowest BCUT2D eigenvalue weighted by Gasteiger charge is -2.10. The van der Waals surface area contributed by atoms with E-state index in [2.05, 4.69) is 47.0 Å². The van der Waals surface area contributed by atoms with Crippen LogP contribution >= 0.6 is 0 Å². The average molecular weight is 359 g/mol. The molecule has 5 rings (SSSR count). The number of rotatable bonds is 2. The van der Waals surface area contributed by atoms with Crippen LogP contribution in [0.4, 0.5) is 5.69 Å². The molecule has 3 nitrogen and oxygen atoms in total. The summed E-state index contributed by atoms with van der Waals surface area (Å²) in [6.07, 6.45) is 0. The topological polar surface area (TPSA) is 54.7 Å². The van der Waals surface area contributed by atoms with Crippen molar-refractivity contribution in [2.45, 2.75) is 0 Å². The first-order chi connectivity index (χ1) is 13.8. The minimum atomic E-state index is 0.636. The van der Waals surface area contributed by atoms with Crippen molar-refractivity contribution in [3.63, 3.8) is 0 Å². The average Bonchev–Trinajstić information content (AvgIpc) is 3.07. The van der Waals surface area contributed by atoms with E-state index in [0.29, 0.717) is 5.56 Å². The smallest absolute Gasteiger partial charge is 0.0992 e. The van der Waals surface area contributed by atoms with Gasteiger partial charge in [0.1, 0.15) is 0 Å². The molecule has 0 unspecified atom stereocenters. The van der Waals surface area contributed by atoms with Crippen LogP contribution in [0.5, 0.6) is 0 Å². The highest BCUT2D eigenvalue weighted by molar-refractivity contribution is 6.12. The Balaban J connectivity index is 1.88. The number of nitrogen functional groups attached to an aromatic ring is 1. The summed E-state index contributed by atoms with van der Waals surface area (Å²) in [5, 5.41) is 11.6. The van der Waals surface area contributed by atoms with Gasteiger partial charge in [0.15, 0.2) is 0 Å². The Hall–Kier alpha value is -4.03. The van der Waals surface area contributed by atoms with Gasteiger partial charge < -0.3 is 10.3 Å². The Bertz CT molecular complexity index is 1370. The van der Waals surface area contributed by atoms with Crippen LogP contribution in [0.3, 0.4) is 0 Å². The van der Waals surface area contributed by atoms with E-state index in [1.807, 2.05) is 54.6 Å². The van der Waals surface area contributed by atoms with Gasteiger partial charge in [-0.05, 0) is 42.0 Å². The molecule has 3 heteroatoms. The first-order valence-electron chi connectivity index (χ1n) is 9.15. The second kappa shape index (κ2) is 6.29. The summed E-state index contributed by atoms with van der Waals surface area (Å²) in [6.45, 7) is 0. The van der Waals surface area contributed by atoms with Crippen LogP contribution in [0.1, 0.15) is 5.56 Å². The number of nitrogens with two attached hydrogens (primary N) is 1. The van der Waals surface area contributed by atoms with E-state index in [-0.39, 0.29) is 0 Å². The molecule has 0 aliphatic carbocycles. The summed E-state index contributed by atoms with van der Waals surface area (Å²) in [5.41, 5.74) is 13.1. The molecule has 5 aromatic rings. The zero-order valence-corrected chi connectivity index (χ0v) is 15.1. The number of aromatic nitrogens is 1. The molecule has 0 atom stereocenters. The molecule has 28 heavy (non-hydrogen) atoms. The molecule has 0 fully saturated rings. The SMILES string of the molecule is N#Cc1cccc(-n2c3ccccc3c3cc(-c4ccccc4)c(N)cc32)c1. The van der Waals surface area contributed by atoms with Gasteiger partial charge in [0.2, 0.25) is 0 Å². The third kappa shape index (κ3) is 2.44. The second-order valence-corrected chi connectivity index (χ2v) is 6.84. The van der Waals surface area contributed by atoms with E-state index >= 15 is 0 Å². The standard InChI is InChI=1S/C25H17N3/c26-16-17-7-6-10-19(13-17)28-24-12-5-4-11-20(24)22-14-21(23(27)15-25(22)28)18-8-2-1-3-9-18/h1-15H,27H2. The van der Waals surface area contributed by atoms with Gasteiger partial charge in [-0.3, -0.25) is 0 Å². The minimum Gasteiger partial charge on any atom is -0.398 e. The number of nitrogens with zero attached hydrogens (tertiary/aromatic N) is 2. The highest BCUT2D eigenvalue weighted by Gasteiger charge is 2.15. The van der Waals surface area contributed by atoms with Gasteiger partial charge in [-0.1, -0.05) is 54.6 Å². The van der Waals surface area contributed by atoms with E-state index in [1.165, 1.54) is 0 Å². The molecule has 132 valence electrons. The molecular weight excluding hydrogens is 342 g/mol. The molecule has 4 aromatic carbocycles. The van der Waals surface area contributed by atoms with Crippen molar-refractivity contribution in [2.75, 3.05) is 5.73 Å². The third-order valence-electron chi connectivity index (χ3n) is 5.16. The Morgan fingerprint density at radius 3 is 2.32 bits per heavy atom. The highest BCUT2D eigenvalue weighted by atomic mass is 15.0. The second-order valence-electron chi connectivity index (χ2n) is 6.84. The summed E-state index contributed by atoms with van der Waals surface area (Å²) in [4.78, 5) is 0. The molecule has 0 saturated carbocycles. The number of benzene rings is 4. The maximum Gasteiger partial charge on any atom is 0.0992 e. The van der Waals surface area contributed by atoms with Gasteiger partial charge in [0.05, 0.1) is 22.7 Å². The fourth-order valence-corrected chi connectivity index (χ4v) is 3.89. The monoisotopic (exact) mass is 359 g/mol. The third-order valence-corrected chi connectivity index (χ3v) is 5.16. The lowest BCUT2D eigenvalue weighted by molar-refractivity contribution is 1.18. The van der Waals surface area contributed by atoms with Gasteiger partial charge in [-0.15, -0.1) is 0 Å². The summed E-state index contributed by atoms with van der Waals surface area (Å²) in [5.74, 6) is 0. The lowest BCUT2D eigenvalue weighted by Crippen LogP contribution is -1.96. The lowest BCUT2D eigenvalue weighted by atomic mass is 10.0. The summed E-state index contributed by atoms with van der Waals surface area (Å²) in [6, 6.07) is 32.6. The van der Waals surface area contributed by atoms with Crippen molar-refractivity contribution in [3.05, 3.63) is 96.6 Å². The highest BCUT2D eigenvalue weighted by Crippen LogP contribution is 2.37. The molecule has 0 amide bonds. The van der Waals surface area contributed by atoms with E-state index in [9.17, 15) is 5.26 Å². The number of hydrogen-bond donors (Lipinski definition) is 1. The van der Waals surface area contributed by atoms with Crippen molar-refractivity contribution in [1.82, 2.24) is 4.57 Å². The Kier molecular flexibility index (Phi) is 3.63. The van der Waals surface area contributed by atoms with Gasteiger partial charge in [-0.2, -0.15) is 5.26 Å². The minimum absolute atomic E-state index is 0.636. The van der Waals surface area contributed by atoms with Crippen molar-refractivity contribution >= 4 is 27.5 Å². The van der Waals surface area contributed by atoms with Crippen LogP contribution in [-0.4, -0.2) is 4.57 Å². The molecule has 1 heterocycles. The van der Waals surface area contributed by atoms with Crippen molar-refractivity contribution in [1.29, 1.82) is 5.26 Å². The molecule has 0 saturated heterocycles. The summed E-state index contributed by atoms with van der Waals surface area (Å²) >= 11 is 0. The molecule has 2 N–H and O–H groups in total. The van der Waals surface area contributed by atoms with Crippen molar-refractivity contribution in [2.24, 2.45) is 0 Å². The zero-order valence-electron chi connectivity index (χ0n) is 15.1. The largest absolute Gasteiger partial charge is 0.398 e. The van der Waals surface area contributed by atoms with Crippen LogP contribution in [0, 0.1) is 11.3 Å². The van der Waals surface area contributed by atoms with Crippen LogP contribution in [0.2, 0.25) is 0 Å². The maximum absolute atomic E-state index is 9.31. The Labute approximate surface area is 162 Å². The maximum atomic E-state index is 9.31. The van der Waals surface area contributed by atoms with Crippen LogP contribution in [0.15, 0.2) is 91.0 Å². The van der Waals surface area contributed by atoms with Gasteiger partial charge in [0.25, 0.3) is 0 Å². The van der Waals surface area contributed by atoms with Crippen molar-refractivity contribution < 1.29 is 0 Å². The fourth-order valence-electron chi connectivity index (χ4n) is 3.89. The van der Waals surface area contributed by atoms with Crippen LogP contribution < -0.4 is 5.73 Å². The van der Waals surface area contributed by atoms with E-state index in [1.54, 1.807) is 0 Å². The van der Waals surface area contributed by atoms with Crippen molar-refractivity contribution in [3.8, 4) is 22.9 Å². The molecule has 1 aromatic heterocycles. The fraction of sp³-hybridized carbons (Fsp3) is 0. The van der Waals surface area contributed by atoms with Crippen LogP contribution in [0.25, 0.3) is 38.6 Å². The quantitative estimate of drug-likeness (QED) is 0.399. The first kappa shape index (κ1) is 16.2. The molecule has 0 aliphatic heterocycles. The van der Waals surface area contributed by atoms with Gasteiger partial charge >= 0.3 is 0 Å². The number of nitriles is 1. The number of hydrogen-bond acceptors (Lipinski definition) is 2. The zero-order chi connectivity index (χ0) is 19.1. The first-order valence-corrected chi connectivity index (χ1v) is 9.15. The number of anilines is 1. The normalized spacial score (nSPS) is 11.0. The Morgan fingerprint density at radius 2 is 1.50 bits per heavy atom. The predicted molar refractivity (Wildman–Crippen MR) is 115 cm³/mol. The molecule has 0 bridgehead atoms.